The molecule has 8 heteroatoms. The molecule has 3 heterocycles. The quantitative estimate of drug-likeness (QED) is 0.234. The fourth-order valence-corrected chi connectivity index (χ4v) is 5.10. The SMILES string of the molecule is CC(C)(C)c1cc(F)cc2c1OCCO2.CC(C)(C)c1cccc2c1OCCO2.[C-]#[N+]c1cc2c(c(C(C)(C)C)c1)OCCO2. The Kier molecular flexibility index (Phi) is 10.1. The lowest BCUT2D eigenvalue weighted by Gasteiger charge is -2.27. The third-order valence-corrected chi connectivity index (χ3v) is 7.35. The van der Waals surface area contributed by atoms with E-state index in [1.165, 1.54) is 17.7 Å². The summed E-state index contributed by atoms with van der Waals surface area (Å²) in [6.45, 7) is 29.5. The van der Waals surface area contributed by atoms with Crippen LogP contribution in [0, 0.1) is 12.4 Å². The van der Waals surface area contributed by atoms with Gasteiger partial charge in [0.2, 0.25) is 0 Å². The molecule has 0 fully saturated rings. The second-order valence-electron chi connectivity index (χ2n) is 14.2. The van der Waals surface area contributed by atoms with Crippen LogP contribution in [-0.2, 0) is 16.2 Å². The van der Waals surface area contributed by atoms with E-state index in [1.807, 2.05) is 39.0 Å². The molecule has 0 aliphatic carbocycles. The van der Waals surface area contributed by atoms with Gasteiger partial charge in [0.05, 0.1) is 6.57 Å². The molecule has 0 N–H and O–H groups in total. The number of hydrogen-bond donors (Lipinski definition) is 0. The van der Waals surface area contributed by atoms with Crippen molar-refractivity contribution in [1.29, 1.82) is 0 Å². The van der Waals surface area contributed by atoms with Crippen molar-refractivity contribution in [3.8, 4) is 34.5 Å². The van der Waals surface area contributed by atoms with E-state index in [0.29, 0.717) is 62.6 Å². The Morgan fingerprint density at radius 3 is 1.44 bits per heavy atom. The van der Waals surface area contributed by atoms with Gasteiger partial charge in [-0.25, -0.2) is 9.24 Å². The highest BCUT2D eigenvalue weighted by atomic mass is 19.1. The van der Waals surface area contributed by atoms with Crippen molar-refractivity contribution in [2.75, 3.05) is 39.6 Å². The number of ether oxygens (including phenoxy) is 6. The van der Waals surface area contributed by atoms with E-state index in [9.17, 15) is 4.39 Å². The van der Waals surface area contributed by atoms with Crippen LogP contribution in [0.5, 0.6) is 34.5 Å². The molecule has 0 radical (unpaired) electrons. The van der Waals surface area contributed by atoms with Crippen LogP contribution in [0.15, 0.2) is 42.5 Å². The molecule has 6 rings (SSSR count). The van der Waals surface area contributed by atoms with E-state index in [4.69, 9.17) is 35.0 Å². The highest BCUT2D eigenvalue weighted by molar-refractivity contribution is 5.62. The van der Waals surface area contributed by atoms with Crippen molar-refractivity contribution < 1.29 is 32.8 Å². The largest absolute Gasteiger partial charge is 0.487 e. The summed E-state index contributed by atoms with van der Waals surface area (Å²) in [5, 5.41) is 0. The zero-order valence-corrected chi connectivity index (χ0v) is 28.1. The average molecular weight is 620 g/mol. The van der Waals surface area contributed by atoms with Gasteiger partial charge in [-0.1, -0.05) is 74.4 Å². The summed E-state index contributed by atoms with van der Waals surface area (Å²) in [6.07, 6.45) is 0. The number of rotatable bonds is 0. The number of benzene rings is 3. The molecule has 3 aliphatic rings. The monoisotopic (exact) mass is 619 g/mol. The minimum Gasteiger partial charge on any atom is -0.487 e. The van der Waals surface area contributed by atoms with Gasteiger partial charge in [0.1, 0.15) is 45.5 Å². The van der Waals surface area contributed by atoms with Crippen LogP contribution in [0.2, 0.25) is 0 Å². The van der Waals surface area contributed by atoms with Crippen LogP contribution >= 0.6 is 0 Å². The van der Waals surface area contributed by atoms with Crippen molar-refractivity contribution >= 4 is 5.69 Å². The van der Waals surface area contributed by atoms with Crippen molar-refractivity contribution in [3.63, 3.8) is 0 Å². The molecule has 242 valence electrons. The molecule has 3 aromatic carbocycles. The molecule has 0 amide bonds. The number of halogens is 1. The molecule has 0 spiro atoms. The number of para-hydroxylation sites is 1. The summed E-state index contributed by atoms with van der Waals surface area (Å²) in [5.74, 6) is 4.23. The van der Waals surface area contributed by atoms with Crippen LogP contribution < -0.4 is 28.4 Å². The summed E-state index contributed by atoms with van der Waals surface area (Å²) in [5.41, 5.74) is 3.63. The van der Waals surface area contributed by atoms with Gasteiger partial charge in [-0.3, -0.25) is 0 Å². The summed E-state index contributed by atoms with van der Waals surface area (Å²) in [4.78, 5) is 3.47. The summed E-state index contributed by atoms with van der Waals surface area (Å²) in [6, 6.07) is 12.6. The Hall–Kier alpha value is -4.12. The Bertz CT molecular complexity index is 1540. The third kappa shape index (κ3) is 8.33. The highest BCUT2D eigenvalue weighted by Crippen LogP contribution is 2.44. The second kappa shape index (κ2) is 13.5. The average Bonchev–Trinajstić information content (AvgIpc) is 2.99. The van der Waals surface area contributed by atoms with E-state index in [0.717, 1.165) is 28.4 Å². The lowest BCUT2D eigenvalue weighted by molar-refractivity contribution is 0.167. The van der Waals surface area contributed by atoms with Gasteiger partial charge in [-0.05, 0) is 46.1 Å². The van der Waals surface area contributed by atoms with Crippen molar-refractivity contribution in [1.82, 2.24) is 0 Å². The number of hydrogen-bond acceptors (Lipinski definition) is 6. The molecule has 3 aromatic rings. The van der Waals surface area contributed by atoms with E-state index < -0.39 is 0 Å². The topological polar surface area (TPSA) is 59.7 Å². The van der Waals surface area contributed by atoms with Crippen LogP contribution in [0.25, 0.3) is 4.85 Å². The second-order valence-corrected chi connectivity index (χ2v) is 14.2. The maximum Gasteiger partial charge on any atom is 0.191 e. The number of nitrogens with zero attached hydrogens (tertiary/aromatic N) is 1. The molecule has 0 bridgehead atoms. The lowest BCUT2D eigenvalue weighted by Crippen LogP contribution is -2.21. The summed E-state index contributed by atoms with van der Waals surface area (Å²) < 4.78 is 46.6. The molecule has 45 heavy (non-hydrogen) atoms. The van der Waals surface area contributed by atoms with Crippen LogP contribution in [-0.4, -0.2) is 39.6 Å². The first kappa shape index (κ1) is 33.8. The molecular formula is C37H46FNO6. The Labute approximate surface area is 267 Å². The van der Waals surface area contributed by atoms with E-state index in [2.05, 4.69) is 52.5 Å². The zero-order valence-electron chi connectivity index (χ0n) is 28.1. The van der Waals surface area contributed by atoms with E-state index in [-0.39, 0.29) is 22.1 Å². The summed E-state index contributed by atoms with van der Waals surface area (Å²) in [7, 11) is 0. The van der Waals surface area contributed by atoms with Gasteiger partial charge in [0.15, 0.2) is 40.2 Å². The Morgan fingerprint density at radius 2 is 0.956 bits per heavy atom. The van der Waals surface area contributed by atoms with Crippen molar-refractivity contribution in [2.45, 2.75) is 78.6 Å². The Balaban J connectivity index is 0.000000154. The molecular weight excluding hydrogens is 573 g/mol. The maximum atomic E-state index is 13.3. The van der Waals surface area contributed by atoms with Gasteiger partial charge >= 0.3 is 0 Å². The Morgan fingerprint density at radius 1 is 0.533 bits per heavy atom. The zero-order chi connectivity index (χ0) is 33.0. The first-order chi connectivity index (χ1) is 21.1. The van der Waals surface area contributed by atoms with Gasteiger partial charge in [0, 0.05) is 17.2 Å². The first-order valence-corrected chi connectivity index (χ1v) is 15.4. The van der Waals surface area contributed by atoms with Crippen molar-refractivity contribution in [2.24, 2.45) is 0 Å². The molecule has 0 atom stereocenters. The smallest absolute Gasteiger partial charge is 0.191 e. The fourth-order valence-electron chi connectivity index (χ4n) is 5.10. The molecule has 0 unspecified atom stereocenters. The maximum absolute atomic E-state index is 13.3. The molecule has 3 aliphatic heterocycles. The minimum atomic E-state index is -0.274. The summed E-state index contributed by atoms with van der Waals surface area (Å²) >= 11 is 0. The van der Waals surface area contributed by atoms with E-state index in [1.54, 1.807) is 6.07 Å². The van der Waals surface area contributed by atoms with Crippen LogP contribution in [0.3, 0.4) is 0 Å². The standard InChI is InChI=1S/C13H15NO2.C12H15FO2.C12H16O2/c1-13(2,3)10-7-9(14-4)8-11-12(10)16-6-5-15-11;1-12(2,3)9-6-8(13)7-10-11(9)15-5-4-14-10;1-12(2,3)9-5-4-6-10-11(9)14-8-7-13-10/h7-8H,5-6H2,1-3H3;6-7H,4-5H2,1-3H3;4-6H,7-8H2,1-3H3. The first-order valence-electron chi connectivity index (χ1n) is 15.4. The van der Waals surface area contributed by atoms with Gasteiger partial charge in [-0.2, -0.15) is 0 Å². The third-order valence-electron chi connectivity index (χ3n) is 7.35. The van der Waals surface area contributed by atoms with Gasteiger partial charge in [0.25, 0.3) is 0 Å². The van der Waals surface area contributed by atoms with Crippen LogP contribution in [0.4, 0.5) is 10.1 Å². The minimum absolute atomic E-state index is 0.0501. The van der Waals surface area contributed by atoms with E-state index >= 15 is 0 Å². The predicted molar refractivity (Wildman–Crippen MR) is 175 cm³/mol. The number of fused-ring (bicyclic) bond motifs is 3. The van der Waals surface area contributed by atoms with Gasteiger partial charge < -0.3 is 28.4 Å². The van der Waals surface area contributed by atoms with Crippen LogP contribution in [0.1, 0.15) is 79.0 Å². The lowest BCUT2D eigenvalue weighted by atomic mass is 9.85. The molecule has 7 nitrogen and oxygen atoms in total. The van der Waals surface area contributed by atoms with Gasteiger partial charge in [-0.15, -0.1) is 0 Å². The van der Waals surface area contributed by atoms with Crippen molar-refractivity contribution in [3.05, 3.63) is 76.4 Å². The predicted octanol–water partition coefficient (Wildman–Crippen LogP) is 8.96. The fraction of sp³-hybridized carbons (Fsp3) is 0.486. The molecule has 0 saturated heterocycles. The molecule has 0 saturated carbocycles. The highest BCUT2D eigenvalue weighted by Gasteiger charge is 2.27. The normalized spacial score (nSPS) is 15.0. The molecule has 0 aromatic heterocycles.